The van der Waals surface area contributed by atoms with E-state index in [2.05, 4.69) is 5.32 Å². The number of hydrogen-bond acceptors (Lipinski definition) is 3. The molecule has 0 atom stereocenters. The van der Waals surface area contributed by atoms with Crippen LogP contribution in [0, 0.1) is 11.2 Å². The zero-order chi connectivity index (χ0) is 16.0. The highest BCUT2D eigenvalue weighted by Gasteiger charge is 2.18. The van der Waals surface area contributed by atoms with Crippen LogP contribution < -0.4 is 11.1 Å². The van der Waals surface area contributed by atoms with Gasteiger partial charge in [-0.2, -0.15) is 0 Å². The van der Waals surface area contributed by atoms with E-state index in [9.17, 15) is 14.0 Å². The molecule has 1 aromatic rings. The molecule has 5 nitrogen and oxygen atoms in total. The fraction of sp³-hybridized carbons (Fsp3) is 0.467. The van der Waals surface area contributed by atoms with Crippen LogP contribution in [0.1, 0.15) is 43.5 Å². The van der Waals surface area contributed by atoms with Crippen LogP contribution in [-0.4, -0.2) is 23.5 Å². The molecular weight excluding hydrogens is 275 g/mol. The van der Waals surface area contributed by atoms with Crippen molar-refractivity contribution < 1.29 is 19.1 Å². The van der Waals surface area contributed by atoms with Crippen molar-refractivity contribution >= 4 is 17.6 Å². The summed E-state index contributed by atoms with van der Waals surface area (Å²) < 4.78 is 13.2. The summed E-state index contributed by atoms with van der Waals surface area (Å²) in [6, 6.07) is 3.47. The third-order valence-corrected chi connectivity index (χ3v) is 3.33. The molecule has 6 heteroatoms. The predicted molar refractivity (Wildman–Crippen MR) is 78.7 cm³/mol. The van der Waals surface area contributed by atoms with Crippen molar-refractivity contribution in [3.05, 3.63) is 29.6 Å². The normalized spacial score (nSPS) is 11.2. The van der Waals surface area contributed by atoms with E-state index in [0.29, 0.717) is 19.4 Å². The average molecular weight is 296 g/mol. The molecule has 1 aromatic carbocycles. The Morgan fingerprint density at radius 3 is 2.57 bits per heavy atom. The van der Waals surface area contributed by atoms with Gasteiger partial charge in [0.1, 0.15) is 5.82 Å². The van der Waals surface area contributed by atoms with Crippen LogP contribution in [0.5, 0.6) is 0 Å². The Kier molecular flexibility index (Phi) is 5.84. The molecule has 0 saturated carbocycles. The van der Waals surface area contributed by atoms with Crippen LogP contribution in [0.15, 0.2) is 18.2 Å². The second-order valence-corrected chi connectivity index (χ2v) is 5.75. The minimum Gasteiger partial charge on any atom is -0.478 e. The first-order chi connectivity index (χ1) is 9.75. The van der Waals surface area contributed by atoms with Crippen molar-refractivity contribution in [3.63, 3.8) is 0 Å². The molecule has 0 saturated heterocycles. The minimum absolute atomic E-state index is 0.0267. The Balaban J connectivity index is 2.63. The Morgan fingerprint density at radius 1 is 1.33 bits per heavy atom. The maximum absolute atomic E-state index is 13.2. The molecule has 0 bridgehead atoms. The number of benzene rings is 1. The number of carbonyl (C=O) groups is 2. The summed E-state index contributed by atoms with van der Waals surface area (Å²) in [6.07, 6.45) is 1.79. The van der Waals surface area contributed by atoms with E-state index in [1.807, 2.05) is 13.8 Å². The monoisotopic (exact) mass is 296 g/mol. The van der Waals surface area contributed by atoms with E-state index in [1.54, 1.807) is 0 Å². The van der Waals surface area contributed by atoms with E-state index in [1.165, 1.54) is 6.07 Å². The van der Waals surface area contributed by atoms with Crippen LogP contribution >= 0.6 is 0 Å². The largest absolute Gasteiger partial charge is 0.478 e. The number of carbonyl (C=O) groups excluding carboxylic acids is 1. The van der Waals surface area contributed by atoms with E-state index >= 15 is 0 Å². The Morgan fingerprint density at radius 2 is 2.00 bits per heavy atom. The maximum Gasteiger partial charge on any atom is 0.338 e. The van der Waals surface area contributed by atoms with Gasteiger partial charge >= 0.3 is 5.97 Å². The molecule has 1 amide bonds. The van der Waals surface area contributed by atoms with Gasteiger partial charge in [-0.15, -0.1) is 0 Å². The van der Waals surface area contributed by atoms with Crippen molar-refractivity contribution in [1.82, 2.24) is 0 Å². The van der Waals surface area contributed by atoms with Gasteiger partial charge in [0.25, 0.3) is 0 Å². The number of rotatable bonds is 7. The number of hydrogen-bond donors (Lipinski definition) is 3. The first-order valence-corrected chi connectivity index (χ1v) is 6.78. The maximum atomic E-state index is 13.2. The van der Waals surface area contributed by atoms with Crippen LogP contribution in [-0.2, 0) is 4.79 Å². The standard InChI is InChI=1S/C15H21FN2O3/c1-15(2,7-8-17)6-5-13(19)18-10-3-4-12(16)11(9-10)14(20)21/h3-4,9H,5-8,17H2,1-2H3,(H,18,19)(H,20,21). The molecule has 0 aliphatic carbocycles. The summed E-state index contributed by atoms with van der Waals surface area (Å²) >= 11 is 0. The number of nitrogens with one attached hydrogen (secondary N) is 1. The van der Waals surface area contributed by atoms with Gasteiger partial charge in [0.05, 0.1) is 5.56 Å². The smallest absolute Gasteiger partial charge is 0.338 e. The minimum atomic E-state index is -1.37. The quantitative estimate of drug-likeness (QED) is 0.721. The molecule has 116 valence electrons. The summed E-state index contributed by atoms with van der Waals surface area (Å²) in [7, 11) is 0. The van der Waals surface area contributed by atoms with Crippen molar-refractivity contribution in [2.24, 2.45) is 11.1 Å². The van der Waals surface area contributed by atoms with Gasteiger partial charge in [0.2, 0.25) is 5.91 Å². The third-order valence-electron chi connectivity index (χ3n) is 3.33. The van der Waals surface area contributed by atoms with Gasteiger partial charge < -0.3 is 16.2 Å². The molecule has 0 radical (unpaired) electrons. The van der Waals surface area contributed by atoms with Gasteiger partial charge in [0, 0.05) is 12.1 Å². The molecule has 0 unspecified atom stereocenters. The Bertz CT molecular complexity index is 530. The van der Waals surface area contributed by atoms with Crippen molar-refractivity contribution in [2.45, 2.75) is 33.1 Å². The SMILES string of the molecule is CC(C)(CCN)CCC(=O)Nc1ccc(F)c(C(=O)O)c1. The lowest BCUT2D eigenvalue weighted by Crippen LogP contribution is -2.20. The second-order valence-electron chi connectivity index (χ2n) is 5.75. The third kappa shape index (κ3) is 5.51. The van der Waals surface area contributed by atoms with Crippen molar-refractivity contribution in [1.29, 1.82) is 0 Å². The topological polar surface area (TPSA) is 92.4 Å². The first-order valence-electron chi connectivity index (χ1n) is 6.78. The average Bonchev–Trinajstić information content (AvgIpc) is 2.38. The van der Waals surface area contributed by atoms with Gasteiger partial charge in [-0.05, 0) is 43.0 Å². The fourth-order valence-electron chi connectivity index (χ4n) is 1.96. The zero-order valence-corrected chi connectivity index (χ0v) is 12.3. The van der Waals surface area contributed by atoms with Gasteiger partial charge in [-0.1, -0.05) is 13.8 Å². The number of halogens is 1. The first kappa shape index (κ1) is 17.1. The highest BCUT2D eigenvalue weighted by atomic mass is 19.1. The molecule has 21 heavy (non-hydrogen) atoms. The molecule has 0 aliphatic heterocycles. The number of aromatic carboxylic acids is 1. The fourth-order valence-corrected chi connectivity index (χ4v) is 1.96. The van der Waals surface area contributed by atoms with Crippen LogP contribution in [0.25, 0.3) is 0 Å². The number of anilines is 1. The highest BCUT2D eigenvalue weighted by molar-refractivity contribution is 5.94. The highest BCUT2D eigenvalue weighted by Crippen LogP contribution is 2.26. The Hall–Kier alpha value is -1.95. The van der Waals surface area contributed by atoms with Crippen molar-refractivity contribution in [3.8, 4) is 0 Å². The number of carboxylic acid groups (broad SMARTS) is 1. The summed E-state index contributed by atoms with van der Waals surface area (Å²) in [5.74, 6) is -2.43. The molecule has 1 rings (SSSR count). The lowest BCUT2D eigenvalue weighted by Gasteiger charge is -2.23. The summed E-state index contributed by atoms with van der Waals surface area (Å²) in [5, 5.41) is 11.4. The van der Waals surface area contributed by atoms with Crippen LogP contribution in [0.4, 0.5) is 10.1 Å². The van der Waals surface area contributed by atoms with Crippen LogP contribution in [0.2, 0.25) is 0 Å². The molecule has 0 spiro atoms. The second kappa shape index (κ2) is 7.17. The zero-order valence-electron chi connectivity index (χ0n) is 12.3. The predicted octanol–water partition coefficient (Wildman–Crippen LogP) is 2.62. The van der Waals surface area contributed by atoms with Gasteiger partial charge in [-0.3, -0.25) is 4.79 Å². The summed E-state index contributed by atoms with van der Waals surface area (Å²) in [5.41, 5.74) is 5.30. The molecule has 0 aliphatic rings. The van der Waals surface area contributed by atoms with E-state index < -0.39 is 17.3 Å². The molecular formula is C15H21FN2O3. The lowest BCUT2D eigenvalue weighted by atomic mass is 9.84. The Labute approximate surface area is 123 Å². The molecule has 0 aromatic heterocycles. The summed E-state index contributed by atoms with van der Waals surface area (Å²) in [6.45, 7) is 4.63. The number of nitrogens with two attached hydrogens (primary N) is 1. The van der Waals surface area contributed by atoms with E-state index in [0.717, 1.165) is 18.6 Å². The lowest BCUT2D eigenvalue weighted by molar-refractivity contribution is -0.116. The van der Waals surface area contributed by atoms with E-state index in [-0.39, 0.29) is 17.0 Å². The number of amides is 1. The van der Waals surface area contributed by atoms with Crippen LogP contribution in [0.3, 0.4) is 0 Å². The van der Waals surface area contributed by atoms with Gasteiger partial charge in [0.15, 0.2) is 0 Å². The molecule has 4 N–H and O–H groups in total. The van der Waals surface area contributed by atoms with Crippen molar-refractivity contribution in [2.75, 3.05) is 11.9 Å². The summed E-state index contributed by atoms with van der Waals surface area (Å²) in [4.78, 5) is 22.7. The molecule has 0 fully saturated rings. The van der Waals surface area contributed by atoms with E-state index in [4.69, 9.17) is 10.8 Å². The molecule has 0 heterocycles. The number of carboxylic acids is 1. The van der Waals surface area contributed by atoms with Gasteiger partial charge in [-0.25, -0.2) is 9.18 Å².